The van der Waals surface area contributed by atoms with Crippen LogP contribution < -0.4 is 5.32 Å². The highest BCUT2D eigenvalue weighted by Crippen LogP contribution is 2.29. The summed E-state index contributed by atoms with van der Waals surface area (Å²) in [4.78, 5) is 0. The number of benzene rings is 1. The molecule has 1 heterocycles. The van der Waals surface area contributed by atoms with E-state index in [-0.39, 0.29) is 6.04 Å². The van der Waals surface area contributed by atoms with Crippen molar-refractivity contribution >= 4 is 15.9 Å². The fourth-order valence-electron chi connectivity index (χ4n) is 2.19. The maximum absolute atomic E-state index is 5.76. The van der Waals surface area contributed by atoms with Crippen LogP contribution in [0.3, 0.4) is 0 Å². The van der Waals surface area contributed by atoms with Gasteiger partial charge in [-0.05, 0) is 56.1 Å². The molecule has 0 radical (unpaired) electrons. The monoisotopic (exact) mass is 295 g/mol. The molecule has 0 saturated heterocycles. The van der Waals surface area contributed by atoms with E-state index in [2.05, 4.69) is 52.4 Å². The molecule has 3 heteroatoms. The third-order valence-electron chi connectivity index (χ3n) is 3.08. The number of allylic oxidation sites excluding steroid dienone is 1. The normalized spacial score (nSPS) is 17.2. The minimum Gasteiger partial charge on any atom is -0.496 e. The molecule has 1 N–H and O–H groups in total. The Morgan fingerprint density at radius 3 is 2.82 bits per heavy atom. The lowest BCUT2D eigenvalue weighted by molar-refractivity contribution is 0.169. The number of aryl methyl sites for hydroxylation is 1. The molecule has 0 bridgehead atoms. The Morgan fingerprint density at radius 2 is 2.24 bits per heavy atom. The van der Waals surface area contributed by atoms with Crippen LogP contribution in [0.15, 0.2) is 34.5 Å². The van der Waals surface area contributed by atoms with Gasteiger partial charge < -0.3 is 10.1 Å². The first kappa shape index (κ1) is 12.7. The highest BCUT2D eigenvalue weighted by Gasteiger charge is 2.19. The van der Waals surface area contributed by atoms with E-state index >= 15 is 0 Å². The minimum absolute atomic E-state index is 0.170. The van der Waals surface area contributed by atoms with Crippen molar-refractivity contribution in [2.45, 2.75) is 25.8 Å². The molecule has 1 aromatic rings. The van der Waals surface area contributed by atoms with Crippen LogP contribution in [0.4, 0.5) is 0 Å². The largest absolute Gasteiger partial charge is 0.496 e. The molecule has 92 valence electrons. The minimum atomic E-state index is 0.170. The van der Waals surface area contributed by atoms with Crippen LogP contribution in [0, 0.1) is 6.92 Å². The number of hydrogen-bond donors (Lipinski definition) is 1. The Labute approximate surface area is 111 Å². The zero-order valence-electron chi connectivity index (χ0n) is 10.3. The molecular weight excluding hydrogens is 278 g/mol. The summed E-state index contributed by atoms with van der Waals surface area (Å²) in [5.74, 6) is 1.06. The average Bonchev–Trinajstić information content (AvgIpc) is 2.34. The Kier molecular flexibility index (Phi) is 4.24. The van der Waals surface area contributed by atoms with Gasteiger partial charge >= 0.3 is 0 Å². The van der Waals surface area contributed by atoms with E-state index in [4.69, 9.17) is 4.74 Å². The number of halogens is 1. The summed E-state index contributed by atoms with van der Waals surface area (Å²) in [7, 11) is 1.98. The summed E-state index contributed by atoms with van der Waals surface area (Å²) in [6.45, 7) is 2.97. The van der Waals surface area contributed by atoms with Crippen molar-refractivity contribution in [2.24, 2.45) is 0 Å². The molecule has 1 aliphatic rings. The molecule has 1 aromatic carbocycles. The summed E-state index contributed by atoms with van der Waals surface area (Å²) in [6, 6.07) is 6.54. The van der Waals surface area contributed by atoms with Gasteiger partial charge in [0.2, 0.25) is 0 Å². The van der Waals surface area contributed by atoms with Crippen molar-refractivity contribution in [1.29, 1.82) is 0 Å². The topological polar surface area (TPSA) is 21.3 Å². The first-order chi connectivity index (χ1) is 8.22. The number of ether oxygens (including phenoxy) is 1. The molecule has 0 spiro atoms. The number of likely N-dealkylation sites (N-methyl/N-ethyl adjacent to an activating group) is 1. The van der Waals surface area contributed by atoms with E-state index in [9.17, 15) is 0 Å². The van der Waals surface area contributed by atoms with Gasteiger partial charge in [0.05, 0.1) is 12.6 Å². The van der Waals surface area contributed by atoms with Crippen LogP contribution in [-0.4, -0.2) is 13.7 Å². The summed E-state index contributed by atoms with van der Waals surface area (Å²) in [5, 5.41) is 3.34. The number of hydrogen-bond acceptors (Lipinski definition) is 2. The smallest absolute Gasteiger partial charge is 0.113 e. The first-order valence-electron chi connectivity index (χ1n) is 5.98. The Morgan fingerprint density at radius 1 is 1.41 bits per heavy atom. The van der Waals surface area contributed by atoms with Gasteiger partial charge in [-0.25, -0.2) is 0 Å². The quantitative estimate of drug-likeness (QED) is 0.918. The highest BCUT2D eigenvalue weighted by atomic mass is 79.9. The standard InChI is InChI=1S/C14H18BrNO/c1-10-9-11(15)6-7-12(10)14(16-2)13-5-3-4-8-17-13/h5-7,9,14,16H,3-4,8H2,1-2H3. The number of nitrogens with one attached hydrogen (secondary N) is 1. The fraction of sp³-hybridized carbons (Fsp3) is 0.429. The van der Waals surface area contributed by atoms with Crippen LogP contribution in [0.2, 0.25) is 0 Å². The van der Waals surface area contributed by atoms with Gasteiger partial charge in [0.15, 0.2) is 0 Å². The van der Waals surface area contributed by atoms with E-state index in [1.165, 1.54) is 11.1 Å². The third-order valence-corrected chi connectivity index (χ3v) is 3.57. The average molecular weight is 296 g/mol. The second-order valence-corrected chi connectivity index (χ2v) is 5.24. The Bertz CT molecular complexity index is 428. The molecule has 0 fully saturated rings. The molecule has 17 heavy (non-hydrogen) atoms. The van der Waals surface area contributed by atoms with E-state index in [1.54, 1.807) is 0 Å². The van der Waals surface area contributed by atoms with Crippen LogP contribution in [0.25, 0.3) is 0 Å². The van der Waals surface area contributed by atoms with Crippen molar-refractivity contribution in [3.8, 4) is 0 Å². The van der Waals surface area contributed by atoms with Crippen LogP contribution in [0.5, 0.6) is 0 Å². The molecule has 2 rings (SSSR count). The van der Waals surface area contributed by atoms with Gasteiger partial charge in [0, 0.05) is 4.47 Å². The van der Waals surface area contributed by atoms with Crippen molar-refractivity contribution in [1.82, 2.24) is 5.32 Å². The predicted molar refractivity (Wildman–Crippen MR) is 73.9 cm³/mol. The lowest BCUT2D eigenvalue weighted by atomic mass is 9.98. The number of rotatable bonds is 3. The van der Waals surface area contributed by atoms with Crippen molar-refractivity contribution in [3.63, 3.8) is 0 Å². The Balaban J connectivity index is 2.31. The summed E-state index contributed by atoms with van der Waals surface area (Å²) < 4.78 is 6.88. The van der Waals surface area contributed by atoms with Crippen molar-refractivity contribution < 1.29 is 4.74 Å². The molecule has 1 atom stereocenters. The van der Waals surface area contributed by atoms with E-state index in [1.807, 2.05) is 7.05 Å². The SMILES string of the molecule is CNC(C1=CCCCO1)c1ccc(Br)cc1C. The molecule has 1 aliphatic heterocycles. The van der Waals surface area contributed by atoms with Gasteiger partial charge in [-0.3, -0.25) is 0 Å². The van der Waals surface area contributed by atoms with E-state index in [0.29, 0.717) is 0 Å². The van der Waals surface area contributed by atoms with Gasteiger partial charge in [0.1, 0.15) is 5.76 Å². The zero-order valence-corrected chi connectivity index (χ0v) is 11.9. The zero-order chi connectivity index (χ0) is 12.3. The molecule has 0 aromatic heterocycles. The van der Waals surface area contributed by atoms with Gasteiger partial charge in [-0.2, -0.15) is 0 Å². The molecule has 0 amide bonds. The van der Waals surface area contributed by atoms with Crippen molar-refractivity contribution in [3.05, 3.63) is 45.6 Å². The summed E-state index contributed by atoms with van der Waals surface area (Å²) in [6.07, 6.45) is 4.44. The van der Waals surface area contributed by atoms with Crippen LogP contribution in [0.1, 0.15) is 30.0 Å². The lowest BCUT2D eigenvalue weighted by Crippen LogP contribution is -2.22. The molecular formula is C14H18BrNO. The maximum Gasteiger partial charge on any atom is 0.113 e. The lowest BCUT2D eigenvalue weighted by Gasteiger charge is -2.25. The van der Waals surface area contributed by atoms with Gasteiger partial charge in [0.25, 0.3) is 0 Å². The fourth-order valence-corrected chi connectivity index (χ4v) is 2.67. The van der Waals surface area contributed by atoms with Gasteiger partial charge in [-0.15, -0.1) is 0 Å². The second-order valence-electron chi connectivity index (χ2n) is 4.32. The van der Waals surface area contributed by atoms with Gasteiger partial charge in [-0.1, -0.05) is 22.0 Å². The van der Waals surface area contributed by atoms with Crippen molar-refractivity contribution in [2.75, 3.05) is 13.7 Å². The Hall–Kier alpha value is -0.800. The third kappa shape index (κ3) is 2.90. The van der Waals surface area contributed by atoms with Crippen LogP contribution >= 0.6 is 15.9 Å². The summed E-state index contributed by atoms with van der Waals surface area (Å²) in [5.41, 5.74) is 2.55. The molecule has 0 aliphatic carbocycles. The van der Waals surface area contributed by atoms with Crippen LogP contribution in [-0.2, 0) is 4.74 Å². The molecule has 0 saturated carbocycles. The predicted octanol–water partition coefficient (Wildman–Crippen LogP) is 3.71. The highest BCUT2D eigenvalue weighted by molar-refractivity contribution is 9.10. The first-order valence-corrected chi connectivity index (χ1v) is 6.78. The molecule has 1 unspecified atom stereocenters. The van der Waals surface area contributed by atoms with E-state index in [0.717, 1.165) is 29.7 Å². The molecule has 2 nitrogen and oxygen atoms in total. The van der Waals surface area contributed by atoms with E-state index < -0.39 is 0 Å². The second kappa shape index (κ2) is 5.69. The maximum atomic E-state index is 5.76. The summed E-state index contributed by atoms with van der Waals surface area (Å²) >= 11 is 3.50.